The van der Waals surface area contributed by atoms with E-state index < -0.39 is 31.1 Å². The first-order chi connectivity index (χ1) is 16.2. The number of sulfone groups is 1. The quantitative estimate of drug-likeness (QED) is 0.549. The van der Waals surface area contributed by atoms with Gasteiger partial charge in [0.1, 0.15) is 27.1 Å². The Labute approximate surface area is 196 Å². The fraction of sp³-hybridized carbons (Fsp3) is 0.333. The number of nitrogen functional groups attached to an aromatic ring is 1. The highest BCUT2D eigenvalue weighted by Gasteiger charge is 2.59. The van der Waals surface area contributed by atoms with Crippen molar-refractivity contribution in [2.45, 2.75) is 35.4 Å². The van der Waals surface area contributed by atoms with Gasteiger partial charge >= 0.3 is 0 Å². The average Bonchev–Trinajstić information content (AvgIpc) is 3.62. The molecule has 2 N–H and O–H groups in total. The minimum absolute atomic E-state index is 0.00606. The number of aromatic nitrogens is 2. The number of nitrogens with two attached hydrogens (primary N) is 1. The number of benzene rings is 2. The van der Waals surface area contributed by atoms with E-state index in [9.17, 15) is 17.2 Å². The first-order valence-electron chi connectivity index (χ1n) is 11.0. The van der Waals surface area contributed by atoms with Crippen LogP contribution in [-0.4, -0.2) is 44.2 Å². The molecule has 2 aliphatic rings. The number of ether oxygens (including phenoxy) is 1. The second kappa shape index (κ2) is 8.28. The summed E-state index contributed by atoms with van der Waals surface area (Å²) in [6, 6.07) is 11.6. The summed E-state index contributed by atoms with van der Waals surface area (Å²) in [5.74, 6) is -1.35. The molecule has 3 aromatic rings. The molecule has 34 heavy (non-hydrogen) atoms. The van der Waals surface area contributed by atoms with Gasteiger partial charge in [0.05, 0.1) is 24.9 Å². The highest BCUT2D eigenvalue weighted by Crippen LogP contribution is 2.55. The van der Waals surface area contributed by atoms with Crippen molar-refractivity contribution < 1.29 is 21.9 Å². The zero-order chi connectivity index (χ0) is 24.1. The Bertz CT molecular complexity index is 1320. The standard InChI is InChI=1S/C24H24F2N4O3S/c1-15-14-33-12-11-30(15)21-13-20(28-23(29-21)16-5-7-17(27)8-6-16)24(9-10-24)34(31,32)22-18(25)3-2-4-19(22)26/h2-8,13,15H,9-12,14,27H2,1H3/t15-/m0/s1. The second-order valence-corrected chi connectivity index (χ2v) is 10.9. The van der Waals surface area contributed by atoms with Gasteiger partial charge in [-0.3, -0.25) is 0 Å². The van der Waals surface area contributed by atoms with Crippen molar-refractivity contribution in [2.75, 3.05) is 30.4 Å². The lowest BCUT2D eigenvalue weighted by Gasteiger charge is -2.34. The summed E-state index contributed by atoms with van der Waals surface area (Å²) in [4.78, 5) is 10.4. The molecule has 0 bridgehead atoms. The summed E-state index contributed by atoms with van der Waals surface area (Å²) in [6.07, 6.45) is 0.415. The van der Waals surface area contributed by atoms with Crippen molar-refractivity contribution in [1.29, 1.82) is 0 Å². The van der Waals surface area contributed by atoms with Crippen molar-refractivity contribution in [3.05, 3.63) is 65.9 Å². The molecule has 7 nitrogen and oxygen atoms in total. The van der Waals surface area contributed by atoms with E-state index >= 15 is 0 Å². The number of anilines is 2. The van der Waals surface area contributed by atoms with Crippen LogP contribution in [-0.2, 0) is 19.3 Å². The monoisotopic (exact) mass is 486 g/mol. The molecule has 0 amide bonds. The van der Waals surface area contributed by atoms with Crippen LogP contribution in [0.3, 0.4) is 0 Å². The molecule has 1 saturated carbocycles. The number of hydrogen-bond donors (Lipinski definition) is 1. The third kappa shape index (κ3) is 3.70. The molecule has 0 unspecified atom stereocenters. The Hall–Kier alpha value is -3.11. The van der Waals surface area contributed by atoms with E-state index in [1.807, 2.05) is 11.8 Å². The summed E-state index contributed by atoms with van der Waals surface area (Å²) < 4.78 is 60.3. The average molecular weight is 487 g/mol. The van der Waals surface area contributed by atoms with Crippen LogP contribution in [0.15, 0.2) is 53.4 Å². The molecule has 2 heterocycles. The molecule has 2 aromatic carbocycles. The van der Waals surface area contributed by atoms with Gasteiger partial charge in [0.2, 0.25) is 0 Å². The zero-order valence-electron chi connectivity index (χ0n) is 18.5. The van der Waals surface area contributed by atoms with Crippen molar-refractivity contribution >= 4 is 21.3 Å². The summed E-state index contributed by atoms with van der Waals surface area (Å²) in [7, 11) is -4.41. The Kier molecular flexibility index (Phi) is 5.52. The maximum Gasteiger partial charge on any atom is 0.195 e. The summed E-state index contributed by atoms with van der Waals surface area (Å²) in [5, 5.41) is 0. The lowest BCUT2D eigenvalue weighted by atomic mass is 10.1. The lowest BCUT2D eigenvalue weighted by molar-refractivity contribution is 0.0985. The normalized spacial score (nSPS) is 19.7. The van der Waals surface area contributed by atoms with Gasteiger partial charge < -0.3 is 15.4 Å². The van der Waals surface area contributed by atoms with Crippen LogP contribution in [0.25, 0.3) is 11.4 Å². The van der Waals surface area contributed by atoms with Crippen LogP contribution in [0.1, 0.15) is 25.5 Å². The fourth-order valence-electron chi connectivity index (χ4n) is 4.35. The molecule has 1 aromatic heterocycles. The van der Waals surface area contributed by atoms with Gasteiger partial charge in [0.25, 0.3) is 0 Å². The fourth-order valence-corrected chi connectivity index (χ4v) is 6.41. The molecule has 178 valence electrons. The van der Waals surface area contributed by atoms with Crippen LogP contribution in [0, 0.1) is 11.6 Å². The number of nitrogens with zero attached hydrogens (tertiary/aromatic N) is 3. The van der Waals surface area contributed by atoms with E-state index in [0.29, 0.717) is 42.7 Å². The summed E-state index contributed by atoms with van der Waals surface area (Å²) >= 11 is 0. The summed E-state index contributed by atoms with van der Waals surface area (Å²) in [5.41, 5.74) is 7.27. The molecule has 0 spiro atoms. The minimum atomic E-state index is -4.41. The van der Waals surface area contributed by atoms with Crippen LogP contribution in [0.2, 0.25) is 0 Å². The first-order valence-corrected chi connectivity index (χ1v) is 12.5. The molecule has 5 rings (SSSR count). The Morgan fingerprint density at radius 3 is 2.38 bits per heavy atom. The maximum absolute atomic E-state index is 14.5. The number of halogens is 2. The van der Waals surface area contributed by atoms with Crippen molar-refractivity contribution in [3.63, 3.8) is 0 Å². The van der Waals surface area contributed by atoms with E-state index in [2.05, 4.69) is 4.98 Å². The Morgan fingerprint density at radius 2 is 1.76 bits per heavy atom. The van der Waals surface area contributed by atoms with E-state index in [0.717, 1.165) is 18.2 Å². The van der Waals surface area contributed by atoms with Gasteiger partial charge in [-0.15, -0.1) is 0 Å². The molecule has 1 saturated heterocycles. The topological polar surface area (TPSA) is 98.4 Å². The lowest BCUT2D eigenvalue weighted by Crippen LogP contribution is -2.44. The zero-order valence-corrected chi connectivity index (χ0v) is 19.4. The molecule has 1 atom stereocenters. The molecular weight excluding hydrogens is 462 g/mol. The predicted molar refractivity (Wildman–Crippen MR) is 124 cm³/mol. The molecule has 10 heteroatoms. The second-order valence-electron chi connectivity index (χ2n) is 8.72. The molecule has 1 aliphatic heterocycles. The van der Waals surface area contributed by atoms with Gasteiger partial charge in [0, 0.05) is 23.9 Å². The predicted octanol–water partition coefficient (Wildman–Crippen LogP) is 3.69. The molecule has 0 radical (unpaired) electrons. The van der Waals surface area contributed by atoms with Gasteiger partial charge in [-0.25, -0.2) is 27.2 Å². The van der Waals surface area contributed by atoms with Crippen LogP contribution in [0.4, 0.5) is 20.3 Å². The summed E-state index contributed by atoms with van der Waals surface area (Å²) in [6.45, 7) is 3.56. The molecular formula is C24H24F2N4O3S. The first kappa shape index (κ1) is 22.7. The SMILES string of the molecule is C[C@H]1COCCN1c1cc(C2(S(=O)(=O)c3c(F)cccc3F)CC2)nc(-c2ccc(N)cc2)n1. The highest BCUT2D eigenvalue weighted by molar-refractivity contribution is 7.92. The van der Waals surface area contributed by atoms with Gasteiger partial charge in [-0.2, -0.15) is 0 Å². The van der Waals surface area contributed by atoms with Crippen LogP contribution >= 0.6 is 0 Å². The van der Waals surface area contributed by atoms with Gasteiger partial charge in [-0.1, -0.05) is 6.07 Å². The van der Waals surface area contributed by atoms with Crippen molar-refractivity contribution in [3.8, 4) is 11.4 Å². The van der Waals surface area contributed by atoms with E-state index in [4.69, 9.17) is 15.5 Å². The highest BCUT2D eigenvalue weighted by atomic mass is 32.2. The maximum atomic E-state index is 14.5. The minimum Gasteiger partial charge on any atom is -0.399 e. The van der Waals surface area contributed by atoms with Gasteiger partial charge in [-0.05, 0) is 56.2 Å². The molecule has 2 fully saturated rings. The van der Waals surface area contributed by atoms with E-state index in [1.165, 1.54) is 0 Å². The smallest absolute Gasteiger partial charge is 0.195 e. The van der Waals surface area contributed by atoms with Crippen molar-refractivity contribution in [1.82, 2.24) is 9.97 Å². The van der Waals surface area contributed by atoms with Crippen LogP contribution in [0.5, 0.6) is 0 Å². The third-order valence-corrected chi connectivity index (χ3v) is 8.99. The van der Waals surface area contributed by atoms with E-state index in [-0.39, 0.29) is 24.6 Å². The Balaban J connectivity index is 1.68. The number of hydrogen-bond acceptors (Lipinski definition) is 7. The Morgan fingerprint density at radius 1 is 1.09 bits per heavy atom. The number of morpholine rings is 1. The van der Waals surface area contributed by atoms with Crippen molar-refractivity contribution in [2.24, 2.45) is 0 Å². The van der Waals surface area contributed by atoms with Gasteiger partial charge in [0.15, 0.2) is 15.7 Å². The van der Waals surface area contributed by atoms with E-state index in [1.54, 1.807) is 30.3 Å². The van der Waals surface area contributed by atoms with Crippen LogP contribution < -0.4 is 10.6 Å². The molecule has 1 aliphatic carbocycles. The number of rotatable bonds is 5. The third-order valence-electron chi connectivity index (χ3n) is 6.42. The largest absolute Gasteiger partial charge is 0.399 e.